The molecule has 1 amide bonds. The summed E-state index contributed by atoms with van der Waals surface area (Å²) in [6.07, 6.45) is 2.39. The van der Waals surface area contributed by atoms with E-state index in [9.17, 15) is 9.59 Å². The van der Waals surface area contributed by atoms with Crippen LogP contribution in [0.5, 0.6) is 0 Å². The Labute approximate surface area is 180 Å². The molecular formula is C23H25N5O3. The molecule has 160 valence electrons. The van der Waals surface area contributed by atoms with Crippen LogP contribution in [0, 0.1) is 6.92 Å². The van der Waals surface area contributed by atoms with Crippen LogP contribution in [-0.2, 0) is 0 Å². The van der Waals surface area contributed by atoms with E-state index in [-0.39, 0.29) is 11.5 Å². The molecule has 31 heavy (non-hydrogen) atoms. The van der Waals surface area contributed by atoms with Crippen LogP contribution in [-0.4, -0.2) is 60.0 Å². The van der Waals surface area contributed by atoms with Crippen molar-refractivity contribution in [2.24, 2.45) is 0 Å². The summed E-state index contributed by atoms with van der Waals surface area (Å²) < 4.78 is 5.34. The van der Waals surface area contributed by atoms with Gasteiger partial charge in [0, 0.05) is 50.7 Å². The summed E-state index contributed by atoms with van der Waals surface area (Å²) in [7, 11) is 0. The summed E-state index contributed by atoms with van der Waals surface area (Å²) in [6.45, 7) is 6.34. The van der Waals surface area contributed by atoms with Gasteiger partial charge in [-0.3, -0.25) is 4.79 Å². The van der Waals surface area contributed by atoms with Crippen LogP contribution in [0.15, 0.2) is 45.6 Å². The molecule has 0 spiro atoms. The van der Waals surface area contributed by atoms with Crippen molar-refractivity contribution in [1.82, 2.24) is 14.9 Å². The molecule has 3 aromatic rings. The third kappa shape index (κ3) is 3.85. The molecule has 2 aliphatic rings. The number of aryl methyl sites for hydroxylation is 1. The summed E-state index contributed by atoms with van der Waals surface area (Å²) in [5.41, 5.74) is -0.0176. The predicted molar refractivity (Wildman–Crippen MR) is 119 cm³/mol. The van der Waals surface area contributed by atoms with Crippen molar-refractivity contribution < 1.29 is 9.21 Å². The van der Waals surface area contributed by atoms with E-state index in [0.717, 1.165) is 35.9 Å². The Bertz CT molecular complexity index is 1180. The second-order valence-electron chi connectivity index (χ2n) is 8.09. The maximum absolute atomic E-state index is 13.0. The van der Waals surface area contributed by atoms with Gasteiger partial charge < -0.3 is 19.1 Å². The van der Waals surface area contributed by atoms with Gasteiger partial charge >= 0.3 is 5.63 Å². The van der Waals surface area contributed by atoms with Crippen LogP contribution in [0.2, 0.25) is 0 Å². The Morgan fingerprint density at radius 1 is 0.903 bits per heavy atom. The van der Waals surface area contributed by atoms with Crippen molar-refractivity contribution in [3.05, 3.63) is 58.2 Å². The second kappa shape index (κ2) is 8.02. The van der Waals surface area contributed by atoms with Crippen LogP contribution < -0.4 is 15.4 Å². The van der Waals surface area contributed by atoms with E-state index in [1.807, 2.05) is 25.1 Å². The first kappa shape index (κ1) is 19.5. The van der Waals surface area contributed by atoms with Gasteiger partial charge in [0.1, 0.15) is 28.6 Å². The van der Waals surface area contributed by atoms with E-state index in [2.05, 4.69) is 19.8 Å². The highest BCUT2D eigenvalue weighted by Crippen LogP contribution is 2.24. The Morgan fingerprint density at radius 3 is 2.26 bits per heavy atom. The van der Waals surface area contributed by atoms with Crippen molar-refractivity contribution in [3.8, 4) is 0 Å². The minimum Gasteiger partial charge on any atom is -0.422 e. The number of hydrogen-bond donors (Lipinski definition) is 0. The molecule has 2 aliphatic heterocycles. The molecule has 0 bridgehead atoms. The summed E-state index contributed by atoms with van der Waals surface area (Å²) >= 11 is 0. The number of fused-ring (bicyclic) bond motifs is 1. The SMILES string of the molecule is Cc1nc(N2CCCC2)cc(N2CCN(C(=O)c3cc4ccccc4oc3=O)CC2)n1. The average Bonchev–Trinajstić information content (AvgIpc) is 3.33. The maximum atomic E-state index is 13.0. The van der Waals surface area contributed by atoms with E-state index >= 15 is 0 Å². The highest BCUT2D eigenvalue weighted by Gasteiger charge is 2.26. The summed E-state index contributed by atoms with van der Waals surface area (Å²) in [4.78, 5) is 40.8. The summed E-state index contributed by atoms with van der Waals surface area (Å²) in [6, 6.07) is 10.9. The first-order chi connectivity index (χ1) is 15.1. The van der Waals surface area contributed by atoms with Crippen LogP contribution >= 0.6 is 0 Å². The third-order valence-corrected chi connectivity index (χ3v) is 6.00. The molecule has 0 atom stereocenters. The molecule has 4 heterocycles. The maximum Gasteiger partial charge on any atom is 0.349 e. The molecular weight excluding hydrogens is 394 g/mol. The topological polar surface area (TPSA) is 82.8 Å². The zero-order chi connectivity index (χ0) is 21.4. The Morgan fingerprint density at radius 2 is 1.55 bits per heavy atom. The number of amides is 1. The third-order valence-electron chi connectivity index (χ3n) is 6.00. The lowest BCUT2D eigenvalue weighted by atomic mass is 10.1. The molecule has 0 radical (unpaired) electrons. The van der Waals surface area contributed by atoms with Gasteiger partial charge in [-0.2, -0.15) is 0 Å². The second-order valence-corrected chi connectivity index (χ2v) is 8.09. The van der Waals surface area contributed by atoms with E-state index in [1.54, 1.807) is 23.1 Å². The predicted octanol–water partition coefficient (Wildman–Crippen LogP) is 2.45. The number of carbonyl (C=O) groups is 1. The molecule has 2 fully saturated rings. The van der Waals surface area contributed by atoms with E-state index in [4.69, 9.17) is 4.42 Å². The largest absolute Gasteiger partial charge is 0.422 e. The van der Waals surface area contributed by atoms with Gasteiger partial charge in [0.05, 0.1) is 0 Å². The lowest BCUT2D eigenvalue weighted by molar-refractivity contribution is 0.0742. The first-order valence-electron chi connectivity index (χ1n) is 10.8. The molecule has 0 unspecified atom stereocenters. The molecule has 2 aromatic heterocycles. The smallest absolute Gasteiger partial charge is 0.349 e. The number of rotatable bonds is 3. The number of aromatic nitrogens is 2. The van der Waals surface area contributed by atoms with Crippen LogP contribution in [0.25, 0.3) is 11.0 Å². The summed E-state index contributed by atoms with van der Waals surface area (Å²) in [5.74, 6) is 2.35. The van der Waals surface area contributed by atoms with Crippen LogP contribution in [0.4, 0.5) is 11.6 Å². The molecule has 0 saturated carbocycles. The standard InChI is InChI=1S/C23H25N5O3/c1-16-24-20(26-8-4-5-9-26)15-21(25-16)27-10-12-28(13-11-27)22(29)18-14-17-6-2-3-7-19(17)31-23(18)30/h2-3,6-7,14-15H,4-5,8-13H2,1H3. The molecule has 2 saturated heterocycles. The normalized spacial score (nSPS) is 16.9. The van der Waals surface area contributed by atoms with Crippen molar-refractivity contribution in [3.63, 3.8) is 0 Å². The lowest BCUT2D eigenvalue weighted by Crippen LogP contribution is -2.49. The monoisotopic (exact) mass is 419 g/mol. The highest BCUT2D eigenvalue weighted by molar-refractivity contribution is 5.96. The Balaban J connectivity index is 1.31. The number of para-hydroxylation sites is 1. The minimum atomic E-state index is -0.590. The van der Waals surface area contributed by atoms with Gasteiger partial charge in [-0.05, 0) is 31.9 Å². The van der Waals surface area contributed by atoms with Crippen molar-refractivity contribution in [2.75, 3.05) is 49.1 Å². The molecule has 0 N–H and O–H groups in total. The van der Waals surface area contributed by atoms with Crippen LogP contribution in [0.1, 0.15) is 29.0 Å². The van der Waals surface area contributed by atoms with Gasteiger partial charge in [0.25, 0.3) is 5.91 Å². The average molecular weight is 419 g/mol. The van der Waals surface area contributed by atoms with E-state index < -0.39 is 5.63 Å². The first-order valence-corrected chi connectivity index (χ1v) is 10.8. The molecule has 8 nitrogen and oxygen atoms in total. The number of piperazine rings is 1. The van der Waals surface area contributed by atoms with Gasteiger partial charge in [0.15, 0.2) is 0 Å². The number of anilines is 2. The van der Waals surface area contributed by atoms with Gasteiger partial charge in [-0.25, -0.2) is 14.8 Å². The zero-order valence-corrected chi connectivity index (χ0v) is 17.6. The quantitative estimate of drug-likeness (QED) is 0.603. The van der Waals surface area contributed by atoms with Crippen molar-refractivity contribution in [2.45, 2.75) is 19.8 Å². The fourth-order valence-corrected chi connectivity index (χ4v) is 4.33. The lowest BCUT2D eigenvalue weighted by Gasteiger charge is -2.35. The summed E-state index contributed by atoms with van der Waals surface area (Å²) in [5, 5.41) is 0.745. The minimum absolute atomic E-state index is 0.0846. The Hall–Kier alpha value is -3.42. The fraction of sp³-hybridized carbons (Fsp3) is 0.391. The number of benzene rings is 1. The van der Waals surface area contributed by atoms with Gasteiger partial charge in [-0.1, -0.05) is 18.2 Å². The zero-order valence-electron chi connectivity index (χ0n) is 17.6. The number of hydrogen-bond acceptors (Lipinski definition) is 7. The molecule has 0 aliphatic carbocycles. The van der Waals surface area contributed by atoms with Crippen LogP contribution in [0.3, 0.4) is 0 Å². The van der Waals surface area contributed by atoms with Gasteiger partial charge in [-0.15, -0.1) is 0 Å². The molecule has 5 rings (SSSR count). The highest BCUT2D eigenvalue weighted by atomic mass is 16.4. The number of nitrogens with zero attached hydrogens (tertiary/aromatic N) is 5. The van der Waals surface area contributed by atoms with Crippen molar-refractivity contribution >= 4 is 28.5 Å². The van der Waals surface area contributed by atoms with E-state index in [0.29, 0.717) is 31.8 Å². The molecule has 8 heteroatoms. The number of carbonyl (C=O) groups excluding carboxylic acids is 1. The Kier molecular flexibility index (Phi) is 5.05. The molecule has 1 aromatic carbocycles. The van der Waals surface area contributed by atoms with Crippen molar-refractivity contribution in [1.29, 1.82) is 0 Å². The van der Waals surface area contributed by atoms with Gasteiger partial charge in [0.2, 0.25) is 0 Å². The fourth-order valence-electron chi connectivity index (χ4n) is 4.33. The van der Waals surface area contributed by atoms with E-state index in [1.165, 1.54) is 12.8 Å².